The molecule has 76 valence electrons. The molecule has 0 unspecified atom stereocenters. The Morgan fingerprint density at radius 3 is 3.21 bits per heavy atom. The molecule has 2 rings (SSSR count). The highest BCUT2D eigenvalue weighted by atomic mass is 35.5. The van der Waals surface area contributed by atoms with Crippen molar-refractivity contribution in [1.82, 2.24) is 15.3 Å². The van der Waals surface area contributed by atoms with Gasteiger partial charge < -0.3 is 10.2 Å². The summed E-state index contributed by atoms with van der Waals surface area (Å²) in [6.45, 7) is 5.12. The Hall–Kier alpha value is -0.870. The van der Waals surface area contributed by atoms with Crippen molar-refractivity contribution in [1.29, 1.82) is 0 Å². The van der Waals surface area contributed by atoms with E-state index in [4.69, 9.17) is 11.6 Å². The zero-order valence-electron chi connectivity index (χ0n) is 8.07. The van der Waals surface area contributed by atoms with Crippen LogP contribution in [-0.4, -0.2) is 35.6 Å². The second-order valence-corrected chi connectivity index (χ2v) is 3.77. The number of halogens is 1. The maximum Gasteiger partial charge on any atom is 0.224 e. The molecule has 0 saturated carbocycles. The van der Waals surface area contributed by atoms with E-state index in [1.54, 1.807) is 6.20 Å². The fourth-order valence-corrected chi connectivity index (χ4v) is 1.81. The number of aromatic nitrogens is 2. The van der Waals surface area contributed by atoms with E-state index in [-0.39, 0.29) is 0 Å². The molecule has 0 aliphatic carbocycles. The molecule has 1 aromatic rings. The van der Waals surface area contributed by atoms with Crippen LogP contribution >= 0.6 is 11.6 Å². The molecule has 0 bridgehead atoms. The minimum atomic E-state index is 0.313. The Morgan fingerprint density at radius 1 is 1.64 bits per heavy atom. The van der Waals surface area contributed by atoms with Crippen molar-refractivity contribution in [2.24, 2.45) is 0 Å². The molecule has 14 heavy (non-hydrogen) atoms. The van der Waals surface area contributed by atoms with Crippen LogP contribution in [0.5, 0.6) is 0 Å². The summed E-state index contributed by atoms with van der Waals surface area (Å²) in [6.07, 6.45) is 1.69. The number of rotatable bonds is 1. The highest BCUT2D eigenvalue weighted by molar-refractivity contribution is 6.28. The van der Waals surface area contributed by atoms with Gasteiger partial charge in [0.25, 0.3) is 0 Å². The molecule has 1 aromatic heterocycles. The van der Waals surface area contributed by atoms with Gasteiger partial charge in [-0.15, -0.1) is 0 Å². The fourth-order valence-electron chi connectivity index (χ4n) is 1.67. The summed E-state index contributed by atoms with van der Waals surface area (Å²) in [4.78, 5) is 10.3. The summed E-state index contributed by atoms with van der Waals surface area (Å²) in [5.41, 5.74) is 0. The van der Waals surface area contributed by atoms with E-state index in [0.29, 0.717) is 11.3 Å². The van der Waals surface area contributed by atoms with E-state index in [9.17, 15) is 0 Å². The Kier molecular flexibility index (Phi) is 2.84. The Labute approximate surface area is 88.3 Å². The van der Waals surface area contributed by atoms with Gasteiger partial charge in [-0.2, -0.15) is 0 Å². The predicted octanol–water partition coefficient (Wildman–Crippen LogP) is 0.928. The van der Waals surface area contributed by atoms with Gasteiger partial charge in [0.1, 0.15) is 5.82 Å². The van der Waals surface area contributed by atoms with Crippen molar-refractivity contribution >= 4 is 17.4 Å². The molecule has 2 heterocycles. The average molecular weight is 213 g/mol. The third kappa shape index (κ3) is 1.96. The summed E-state index contributed by atoms with van der Waals surface area (Å²) in [5.74, 6) is 0.916. The third-order valence-electron chi connectivity index (χ3n) is 2.41. The standard InChI is InChI=1S/C9H13ClN4/c1-7-6-11-4-5-14(7)8-2-3-12-9(10)13-8/h2-3,7,11H,4-6H2,1H3/t7-/m0/s1. The number of anilines is 1. The monoisotopic (exact) mass is 212 g/mol. The van der Waals surface area contributed by atoms with E-state index in [1.807, 2.05) is 6.07 Å². The van der Waals surface area contributed by atoms with Crippen molar-refractivity contribution in [3.05, 3.63) is 17.5 Å². The molecule has 1 fully saturated rings. The summed E-state index contributed by atoms with van der Waals surface area (Å²) >= 11 is 5.75. The topological polar surface area (TPSA) is 41.0 Å². The minimum Gasteiger partial charge on any atom is -0.351 e. The van der Waals surface area contributed by atoms with Gasteiger partial charge in [0.05, 0.1) is 0 Å². The second-order valence-electron chi connectivity index (χ2n) is 3.43. The first-order chi connectivity index (χ1) is 6.77. The summed E-state index contributed by atoms with van der Waals surface area (Å²) in [6, 6.07) is 2.35. The van der Waals surface area contributed by atoms with Crippen LogP contribution < -0.4 is 10.2 Å². The molecule has 1 saturated heterocycles. The number of hydrogen-bond acceptors (Lipinski definition) is 4. The van der Waals surface area contributed by atoms with Gasteiger partial charge >= 0.3 is 0 Å². The van der Waals surface area contributed by atoms with Crippen LogP contribution in [0.4, 0.5) is 5.82 Å². The summed E-state index contributed by atoms with van der Waals surface area (Å²) in [5, 5.41) is 3.64. The van der Waals surface area contributed by atoms with Crippen molar-refractivity contribution in [2.45, 2.75) is 13.0 Å². The second kappa shape index (κ2) is 4.11. The molecule has 1 atom stereocenters. The lowest BCUT2D eigenvalue weighted by Crippen LogP contribution is -2.50. The fraction of sp³-hybridized carbons (Fsp3) is 0.556. The van der Waals surface area contributed by atoms with Crippen LogP contribution in [0.1, 0.15) is 6.92 Å². The SMILES string of the molecule is C[C@H]1CNCCN1c1ccnc(Cl)n1. The van der Waals surface area contributed by atoms with Gasteiger partial charge in [0.15, 0.2) is 0 Å². The number of nitrogens with zero attached hydrogens (tertiary/aromatic N) is 3. The zero-order valence-corrected chi connectivity index (χ0v) is 8.83. The van der Waals surface area contributed by atoms with Crippen LogP contribution in [0, 0.1) is 0 Å². The Bertz CT molecular complexity index is 317. The van der Waals surface area contributed by atoms with Crippen molar-refractivity contribution in [3.63, 3.8) is 0 Å². The van der Waals surface area contributed by atoms with Gasteiger partial charge in [-0.05, 0) is 24.6 Å². The lowest BCUT2D eigenvalue weighted by Gasteiger charge is -2.34. The molecular formula is C9H13ClN4. The lowest BCUT2D eigenvalue weighted by molar-refractivity contribution is 0.497. The largest absolute Gasteiger partial charge is 0.351 e. The van der Waals surface area contributed by atoms with Crippen LogP contribution in [-0.2, 0) is 0 Å². The van der Waals surface area contributed by atoms with Gasteiger partial charge in [-0.1, -0.05) is 0 Å². The highest BCUT2D eigenvalue weighted by Crippen LogP contribution is 2.16. The Balaban J connectivity index is 2.20. The number of hydrogen-bond donors (Lipinski definition) is 1. The van der Waals surface area contributed by atoms with Crippen LogP contribution in [0.2, 0.25) is 5.28 Å². The van der Waals surface area contributed by atoms with E-state index in [2.05, 4.69) is 27.1 Å². The van der Waals surface area contributed by atoms with Gasteiger partial charge in [0.2, 0.25) is 5.28 Å². The van der Waals surface area contributed by atoms with Crippen LogP contribution in [0.15, 0.2) is 12.3 Å². The maximum absolute atomic E-state index is 5.75. The third-order valence-corrected chi connectivity index (χ3v) is 2.59. The molecule has 5 heteroatoms. The molecule has 0 spiro atoms. The molecule has 0 amide bonds. The van der Waals surface area contributed by atoms with E-state index >= 15 is 0 Å². The lowest BCUT2D eigenvalue weighted by atomic mass is 10.2. The first-order valence-corrected chi connectivity index (χ1v) is 5.11. The van der Waals surface area contributed by atoms with Crippen molar-refractivity contribution in [3.8, 4) is 0 Å². The van der Waals surface area contributed by atoms with Crippen LogP contribution in [0.25, 0.3) is 0 Å². The molecule has 0 radical (unpaired) electrons. The predicted molar refractivity (Wildman–Crippen MR) is 56.7 cm³/mol. The van der Waals surface area contributed by atoms with Gasteiger partial charge in [0, 0.05) is 31.9 Å². The number of nitrogens with one attached hydrogen (secondary N) is 1. The smallest absolute Gasteiger partial charge is 0.224 e. The van der Waals surface area contributed by atoms with Gasteiger partial charge in [-0.3, -0.25) is 0 Å². The molecule has 0 aromatic carbocycles. The zero-order chi connectivity index (χ0) is 9.97. The molecule has 1 aliphatic rings. The first kappa shape index (κ1) is 9.68. The Morgan fingerprint density at radius 2 is 2.50 bits per heavy atom. The van der Waals surface area contributed by atoms with Crippen LogP contribution in [0.3, 0.4) is 0 Å². The highest BCUT2D eigenvalue weighted by Gasteiger charge is 2.19. The van der Waals surface area contributed by atoms with Gasteiger partial charge in [-0.25, -0.2) is 9.97 Å². The van der Waals surface area contributed by atoms with Crippen molar-refractivity contribution in [2.75, 3.05) is 24.5 Å². The molecule has 1 N–H and O–H groups in total. The number of piperazine rings is 1. The van der Waals surface area contributed by atoms with E-state index in [1.165, 1.54) is 0 Å². The molecule has 4 nitrogen and oxygen atoms in total. The molecule has 1 aliphatic heterocycles. The van der Waals surface area contributed by atoms with E-state index in [0.717, 1.165) is 25.5 Å². The van der Waals surface area contributed by atoms with E-state index < -0.39 is 0 Å². The minimum absolute atomic E-state index is 0.313. The molecular weight excluding hydrogens is 200 g/mol. The normalized spacial score (nSPS) is 22.4. The quantitative estimate of drug-likeness (QED) is 0.704. The average Bonchev–Trinajstić information content (AvgIpc) is 2.18. The summed E-state index contributed by atoms with van der Waals surface area (Å²) in [7, 11) is 0. The first-order valence-electron chi connectivity index (χ1n) is 4.73. The summed E-state index contributed by atoms with van der Waals surface area (Å²) < 4.78 is 0. The maximum atomic E-state index is 5.75. The van der Waals surface area contributed by atoms with Crippen molar-refractivity contribution < 1.29 is 0 Å².